The predicted molar refractivity (Wildman–Crippen MR) is 89.8 cm³/mol. The average Bonchev–Trinajstić information content (AvgIpc) is 3.15. The quantitative estimate of drug-likeness (QED) is 0.674. The zero-order valence-corrected chi connectivity index (χ0v) is 14.1. The molecule has 140 valence electrons. The van der Waals surface area contributed by atoms with Crippen molar-refractivity contribution in [3.8, 4) is 5.75 Å². The van der Waals surface area contributed by atoms with Crippen molar-refractivity contribution < 1.29 is 18.3 Å². The van der Waals surface area contributed by atoms with Crippen molar-refractivity contribution in [2.24, 2.45) is 0 Å². The van der Waals surface area contributed by atoms with Crippen molar-refractivity contribution in [3.63, 3.8) is 0 Å². The Kier molecular flexibility index (Phi) is 4.48. The molecule has 0 saturated carbocycles. The second-order valence-electron chi connectivity index (χ2n) is 5.87. The minimum atomic E-state index is -2.98. The Hall–Kier alpha value is -3.37. The monoisotopic (exact) mass is 375 g/mol. The molecule has 3 heterocycles. The Labute approximate surface area is 152 Å². The lowest BCUT2D eigenvalue weighted by atomic mass is 10.1. The molecule has 0 bridgehead atoms. The maximum absolute atomic E-state index is 12.7. The first-order valence-electron chi connectivity index (χ1n) is 8.25. The van der Waals surface area contributed by atoms with Crippen LogP contribution in [0.4, 0.5) is 14.6 Å². The molecule has 27 heavy (non-hydrogen) atoms. The summed E-state index contributed by atoms with van der Waals surface area (Å²) in [5.74, 6) is 0.240. The first-order chi connectivity index (χ1) is 13.1. The zero-order chi connectivity index (χ0) is 18.8. The van der Waals surface area contributed by atoms with Gasteiger partial charge in [0, 0.05) is 26.2 Å². The number of carbonyl (C=O) groups is 1. The van der Waals surface area contributed by atoms with Gasteiger partial charge >= 0.3 is 6.61 Å². The number of alkyl halides is 2. The third-order valence-electron chi connectivity index (χ3n) is 4.28. The van der Waals surface area contributed by atoms with E-state index in [2.05, 4.69) is 25.4 Å². The third-order valence-corrected chi connectivity index (χ3v) is 4.28. The molecular formula is C16H15F2N7O2. The Morgan fingerprint density at radius 2 is 1.85 bits per heavy atom. The summed E-state index contributed by atoms with van der Waals surface area (Å²) in [6, 6.07) is 9.59. The Morgan fingerprint density at radius 1 is 1.07 bits per heavy atom. The fourth-order valence-electron chi connectivity index (χ4n) is 2.96. The molecule has 1 aromatic carbocycles. The maximum Gasteiger partial charge on any atom is 0.387 e. The van der Waals surface area contributed by atoms with Crippen LogP contribution in [-0.2, 0) is 0 Å². The van der Waals surface area contributed by atoms with Crippen molar-refractivity contribution in [1.29, 1.82) is 0 Å². The number of ether oxygens (including phenoxy) is 1. The summed E-state index contributed by atoms with van der Waals surface area (Å²) in [6.07, 6.45) is 0. The van der Waals surface area contributed by atoms with E-state index in [-0.39, 0.29) is 17.2 Å². The van der Waals surface area contributed by atoms with E-state index in [1.165, 1.54) is 16.8 Å². The van der Waals surface area contributed by atoms with Crippen LogP contribution in [0.5, 0.6) is 5.75 Å². The Bertz CT molecular complexity index is 957. The van der Waals surface area contributed by atoms with Crippen LogP contribution in [0.15, 0.2) is 36.4 Å². The SMILES string of the molecule is O=C(c1ccccc1OC(F)F)N1CCN(c2ccc3nnnn3n2)CC1. The van der Waals surface area contributed by atoms with Gasteiger partial charge in [-0.1, -0.05) is 12.1 Å². The highest BCUT2D eigenvalue weighted by molar-refractivity contribution is 5.97. The normalized spacial score (nSPS) is 14.8. The minimum Gasteiger partial charge on any atom is -0.434 e. The number of rotatable bonds is 4. The number of para-hydroxylation sites is 1. The zero-order valence-electron chi connectivity index (χ0n) is 14.1. The van der Waals surface area contributed by atoms with Gasteiger partial charge in [0.1, 0.15) is 5.75 Å². The van der Waals surface area contributed by atoms with Gasteiger partial charge in [-0.3, -0.25) is 4.79 Å². The summed E-state index contributed by atoms with van der Waals surface area (Å²) in [4.78, 5) is 16.3. The molecule has 1 aliphatic heterocycles. The first kappa shape index (κ1) is 17.1. The summed E-state index contributed by atoms with van der Waals surface area (Å²) in [6.45, 7) is -1.04. The molecule has 1 fully saturated rings. The largest absolute Gasteiger partial charge is 0.434 e. The minimum absolute atomic E-state index is 0.120. The lowest BCUT2D eigenvalue weighted by Gasteiger charge is -2.35. The van der Waals surface area contributed by atoms with Gasteiger partial charge in [-0.15, -0.1) is 14.8 Å². The van der Waals surface area contributed by atoms with E-state index < -0.39 is 6.61 Å². The van der Waals surface area contributed by atoms with Crippen LogP contribution in [0.25, 0.3) is 5.65 Å². The summed E-state index contributed by atoms with van der Waals surface area (Å²) < 4.78 is 30.9. The smallest absolute Gasteiger partial charge is 0.387 e. The number of nitrogens with zero attached hydrogens (tertiary/aromatic N) is 7. The number of piperazine rings is 1. The first-order valence-corrected chi connectivity index (χ1v) is 8.25. The van der Waals surface area contributed by atoms with E-state index >= 15 is 0 Å². The summed E-state index contributed by atoms with van der Waals surface area (Å²) >= 11 is 0. The molecule has 0 aliphatic carbocycles. The lowest BCUT2D eigenvalue weighted by Crippen LogP contribution is -2.49. The summed E-state index contributed by atoms with van der Waals surface area (Å²) in [5.41, 5.74) is 0.669. The standard InChI is InChI=1S/C16H15F2N7O2/c17-16(18)27-12-4-2-1-3-11(12)15(26)24-9-7-23(8-10-24)14-6-5-13-19-21-22-25(13)20-14/h1-6,16H,7-10H2. The molecule has 1 saturated heterocycles. The van der Waals surface area contributed by atoms with Crippen LogP contribution in [0.3, 0.4) is 0 Å². The number of aromatic nitrogens is 5. The number of hydrogen-bond acceptors (Lipinski definition) is 7. The molecule has 0 unspecified atom stereocenters. The molecule has 0 spiro atoms. The van der Waals surface area contributed by atoms with E-state index in [0.717, 1.165) is 0 Å². The second-order valence-corrected chi connectivity index (χ2v) is 5.87. The van der Waals surface area contributed by atoms with Crippen LogP contribution in [0.1, 0.15) is 10.4 Å². The van der Waals surface area contributed by atoms with Crippen LogP contribution in [0.2, 0.25) is 0 Å². The number of carbonyl (C=O) groups excluding carboxylic acids is 1. The molecule has 0 atom stereocenters. The lowest BCUT2D eigenvalue weighted by molar-refractivity contribution is -0.0502. The van der Waals surface area contributed by atoms with E-state index in [1.807, 2.05) is 11.0 Å². The van der Waals surface area contributed by atoms with Gasteiger partial charge in [0.2, 0.25) is 0 Å². The van der Waals surface area contributed by atoms with E-state index in [4.69, 9.17) is 0 Å². The molecular weight excluding hydrogens is 360 g/mol. The van der Waals surface area contributed by atoms with E-state index in [1.54, 1.807) is 23.1 Å². The van der Waals surface area contributed by atoms with Crippen molar-refractivity contribution >= 4 is 17.4 Å². The molecule has 9 nitrogen and oxygen atoms in total. The van der Waals surface area contributed by atoms with Gasteiger partial charge in [0.05, 0.1) is 5.56 Å². The number of benzene rings is 1. The Balaban J connectivity index is 1.45. The molecule has 1 aliphatic rings. The van der Waals surface area contributed by atoms with Crippen molar-refractivity contribution in [2.45, 2.75) is 6.61 Å². The molecule has 2 aromatic heterocycles. The highest BCUT2D eigenvalue weighted by Gasteiger charge is 2.25. The van der Waals surface area contributed by atoms with Crippen LogP contribution >= 0.6 is 0 Å². The molecule has 11 heteroatoms. The maximum atomic E-state index is 12.7. The van der Waals surface area contributed by atoms with Gasteiger partial charge in [-0.05, 0) is 34.7 Å². The Morgan fingerprint density at radius 3 is 2.63 bits per heavy atom. The highest BCUT2D eigenvalue weighted by Crippen LogP contribution is 2.23. The molecule has 0 N–H and O–H groups in total. The third kappa shape index (κ3) is 3.48. The highest BCUT2D eigenvalue weighted by atomic mass is 19.3. The van der Waals surface area contributed by atoms with Gasteiger partial charge in [-0.25, -0.2) is 0 Å². The van der Waals surface area contributed by atoms with Gasteiger partial charge in [0.25, 0.3) is 5.91 Å². The van der Waals surface area contributed by atoms with Crippen molar-refractivity contribution in [3.05, 3.63) is 42.0 Å². The molecule has 0 radical (unpaired) electrons. The van der Waals surface area contributed by atoms with E-state index in [0.29, 0.717) is 37.6 Å². The van der Waals surface area contributed by atoms with E-state index in [9.17, 15) is 13.6 Å². The summed E-state index contributed by atoms with van der Waals surface area (Å²) in [5, 5.41) is 15.5. The van der Waals surface area contributed by atoms with Gasteiger partial charge < -0.3 is 14.5 Å². The number of tetrazole rings is 1. The topological polar surface area (TPSA) is 88.8 Å². The van der Waals surface area contributed by atoms with Gasteiger partial charge in [-0.2, -0.15) is 8.78 Å². The number of amides is 1. The number of fused-ring (bicyclic) bond motifs is 1. The fourth-order valence-corrected chi connectivity index (χ4v) is 2.96. The molecule has 3 aromatic rings. The van der Waals surface area contributed by atoms with Gasteiger partial charge in [0.15, 0.2) is 11.5 Å². The predicted octanol–water partition coefficient (Wildman–Crippen LogP) is 1.08. The van der Waals surface area contributed by atoms with Crippen molar-refractivity contribution in [2.75, 3.05) is 31.1 Å². The van der Waals surface area contributed by atoms with Crippen molar-refractivity contribution in [1.82, 2.24) is 30.2 Å². The fraction of sp³-hybridized carbons (Fsp3) is 0.312. The van der Waals surface area contributed by atoms with Crippen LogP contribution in [-0.4, -0.2) is 68.9 Å². The summed E-state index contributed by atoms with van der Waals surface area (Å²) in [7, 11) is 0. The molecule has 4 rings (SSSR count). The second kappa shape index (κ2) is 7.09. The molecule has 1 amide bonds. The van der Waals surface area contributed by atoms with Crippen LogP contribution in [0, 0.1) is 0 Å². The van der Waals surface area contributed by atoms with Crippen LogP contribution < -0.4 is 9.64 Å². The number of anilines is 1. The average molecular weight is 375 g/mol. The number of hydrogen-bond donors (Lipinski definition) is 0. The number of halogens is 2.